The Bertz CT molecular complexity index is 292. The predicted molar refractivity (Wildman–Crippen MR) is 64.9 cm³/mol. The molecule has 1 atom stereocenters. The zero-order valence-electron chi connectivity index (χ0n) is 11.7. The topological polar surface area (TPSA) is 52.6 Å². The van der Waals surface area contributed by atoms with Gasteiger partial charge in [0, 0.05) is 0 Å². The normalized spacial score (nSPS) is 12.9. The molecule has 0 rings (SSSR count). The molecule has 0 aliphatic heterocycles. The first-order chi connectivity index (χ1) is 8.80. The maximum atomic E-state index is 12.0. The van der Waals surface area contributed by atoms with Gasteiger partial charge in [0.25, 0.3) is 0 Å². The third-order valence-corrected chi connectivity index (χ3v) is 2.18. The van der Waals surface area contributed by atoms with E-state index >= 15 is 0 Å². The van der Waals surface area contributed by atoms with Crippen LogP contribution in [0.25, 0.3) is 0 Å². The van der Waals surface area contributed by atoms with Crippen LogP contribution in [0.1, 0.15) is 6.42 Å². The van der Waals surface area contributed by atoms with E-state index in [0.29, 0.717) is 11.0 Å². The highest BCUT2D eigenvalue weighted by molar-refractivity contribution is 5.80. The second-order valence-electron chi connectivity index (χ2n) is 5.14. The molecule has 0 aliphatic carbocycles. The Hall–Kier alpha value is -1.24. The number of nitrogens with zero attached hydrogens (tertiary/aromatic N) is 1. The molecule has 0 aromatic rings. The zero-order valence-corrected chi connectivity index (χ0v) is 11.7. The van der Waals surface area contributed by atoms with Crippen LogP contribution in [-0.2, 0) is 19.1 Å². The van der Waals surface area contributed by atoms with Gasteiger partial charge in [0.1, 0.15) is 32.5 Å². The Morgan fingerprint density at radius 2 is 1.58 bits per heavy atom. The van der Waals surface area contributed by atoms with Crippen LogP contribution in [0.3, 0.4) is 0 Å². The summed E-state index contributed by atoms with van der Waals surface area (Å²) in [7, 11) is 5.55. The predicted octanol–water partition coefficient (Wildman–Crippen LogP) is 0.724. The zero-order chi connectivity index (χ0) is 14.9. The first-order valence-corrected chi connectivity index (χ1v) is 6.04. The van der Waals surface area contributed by atoms with Gasteiger partial charge in [-0.15, -0.1) is 0 Å². The fourth-order valence-electron chi connectivity index (χ4n) is 1.55. The van der Waals surface area contributed by atoms with Crippen LogP contribution in [0.15, 0.2) is 0 Å². The molecule has 112 valence electrons. The van der Waals surface area contributed by atoms with Crippen molar-refractivity contribution in [3.63, 3.8) is 0 Å². The summed E-state index contributed by atoms with van der Waals surface area (Å²) in [5.41, 5.74) is 0. The van der Waals surface area contributed by atoms with E-state index in [0.717, 1.165) is 0 Å². The Kier molecular flexibility index (Phi) is 8.22. The van der Waals surface area contributed by atoms with E-state index in [9.17, 15) is 18.4 Å². The average Bonchev–Trinajstić information content (AvgIpc) is 2.30. The summed E-state index contributed by atoms with van der Waals surface area (Å²) in [4.78, 5) is 23.1. The third-order valence-electron chi connectivity index (χ3n) is 2.18. The first-order valence-electron chi connectivity index (χ1n) is 6.04. The van der Waals surface area contributed by atoms with Gasteiger partial charge in [-0.3, -0.25) is 9.59 Å². The van der Waals surface area contributed by atoms with Crippen molar-refractivity contribution in [2.45, 2.75) is 6.42 Å². The number of quaternary nitrogens is 1. The van der Waals surface area contributed by atoms with Crippen LogP contribution in [0.2, 0.25) is 0 Å². The van der Waals surface area contributed by atoms with Crippen LogP contribution < -0.4 is 0 Å². The number of hydrogen-bond donors (Lipinski definition) is 0. The van der Waals surface area contributed by atoms with Crippen LogP contribution in [0.4, 0.5) is 8.78 Å². The molecular formula is C12H22F2NO4+. The van der Waals surface area contributed by atoms with Crippen molar-refractivity contribution in [1.82, 2.24) is 0 Å². The second-order valence-corrected chi connectivity index (χ2v) is 5.14. The first kappa shape index (κ1) is 17.8. The summed E-state index contributed by atoms with van der Waals surface area (Å²) in [5.74, 6) is -2.02. The summed E-state index contributed by atoms with van der Waals surface area (Å²) in [6.45, 7) is -1.84. The molecule has 0 heterocycles. The second kappa shape index (κ2) is 8.79. The Morgan fingerprint density at radius 1 is 1.05 bits per heavy atom. The van der Waals surface area contributed by atoms with Crippen molar-refractivity contribution in [3.8, 4) is 0 Å². The largest absolute Gasteiger partial charge is 0.463 e. The lowest BCUT2D eigenvalue weighted by Crippen LogP contribution is -2.43. The van der Waals surface area contributed by atoms with Crippen molar-refractivity contribution < 1.29 is 32.3 Å². The van der Waals surface area contributed by atoms with Crippen LogP contribution in [0, 0.1) is 5.92 Å². The number of carbonyl (C=O) groups is 2. The maximum absolute atomic E-state index is 12.0. The van der Waals surface area contributed by atoms with Gasteiger partial charge in [0.15, 0.2) is 0 Å². The van der Waals surface area contributed by atoms with Gasteiger partial charge in [-0.25, -0.2) is 8.78 Å². The van der Waals surface area contributed by atoms with Crippen molar-refractivity contribution in [1.29, 1.82) is 0 Å². The van der Waals surface area contributed by atoms with Gasteiger partial charge in [0.2, 0.25) is 0 Å². The third kappa shape index (κ3) is 9.35. The molecule has 0 N–H and O–H groups in total. The number of alkyl halides is 2. The molecular weight excluding hydrogens is 260 g/mol. The average molecular weight is 282 g/mol. The van der Waals surface area contributed by atoms with E-state index in [1.165, 1.54) is 0 Å². The monoisotopic (exact) mass is 282 g/mol. The van der Waals surface area contributed by atoms with Gasteiger partial charge in [-0.05, 0) is 0 Å². The fourth-order valence-corrected chi connectivity index (χ4v) is 1.55. The number of rotatable bonds is 9. The molecule has 19 heavy (non-hydrogen) atoms. The minimum atomic E-state index is -0.769. The summed E-state index contributed by atoms with van der Waals surface area (Å²) in [5, 5.41) is 0. The number of ether oxygens (including phenoxy) is 2. The SMILES string of the molecule is C[N+](C)(C)CC(CC(=O)OCCF)C(=O)OCCF. The smallest absolute Gasteiger partial charge is 0.315 e. The molecule has 0 fully saturated rings. The Labute approximate surface area is 112 Å². The van der Waals surface area contributed by atoms with Crippen LogP contribution >= 0.6 is 0 Å². The summed E-state index contributed by atoms with van der Waals surface area (Å²) in [6, 6.07) is 0. The number of halogens is 2. The molecule has 0 saturated heterocycles. The van der Waals surface area contributed by atoms with Gasteiger partial charge < -0.3 is 14.0 Å². The highest BCUT2D eigenvalue weighted by atomic mass is 19.1. The van der Waals surface area contributed by atoms with Crippen molar-refractivity contribution >= 4 is 11.9 Å². The lowest BCUT2D eigenvalue weighted by atomic mass is 10.0. The molecule has 0 radical (unpaired) electrons. The molecule has 0 spiro atoms. The highest BCUT2D eigenvalue weighted by Crippen LogP contribution is 2.12. The molecule has 1 unspecified atom stereocenters. The quantitative estimate of drug-likeness (QED) is 0.462. The molecule has 0 amide bonds. The van der Waals surface area contributed by atoms with Gasteiger partial charge in [0.05, 0.1) is 34.1 Å². The molecule has 0 saturated carbocycles. The molecule has 0 bridgehead atoms. The molecule has 5 nitrogen and oxygen atoms in total. The number of carbonyl (C=O) groups excluding carboxylic acids is 2. The highest BCUT2D eigenvalue weighted by Gasteiger charge is 2.29. The van der Waals surface area contributed by atoms with Crippen molar-refractivity contribution in [2.24, 2.45) is 5.92 Å². The fraction of sp³-hybridized carbons (Fsp3) is 0.833. The lowest BCUT2D eigenvalue weighted by Gasteiger charge is -2.27. The number of hydrogen-bond acceptors (Lipinski definition) is 4. The van der Waals surface area contributed by atoms with E-state index in [4.69, 9.17) is 4.74 Å². The van der Waals surface area contributed by atoms with Crippen molar-refractivity contribution in [2.75, 3.05) is 54.3 Å². The van der Waals surface area contributed by atoms with Gasteiger partial charge in [-0.1, -0.05) is 0 Å². The molecule has 0 aromatic heterocycles. The molecule has 0 aliphatic rings. The standard InChI is InChI=1S/C12H22F2NO4/c1-15(2,3)9-10(12(17)19-7-5-14)8-11(16)18-6-4-13/h10H,4-9H2,1-3H3/q+1. The Balaban J connectivity index is 4.49. The lowest BCUT2D eigenvalue weighted by molar-refractivity contribution is -0.872. The van der Waals surface area contributed by atoms with E-state index < -0.39 is 31.2 Å². The molecule has 0 aromatic carbocycles. The van der Waals surface area contributed by atoms with Gasteiger partial charge in [-0.2, -0.15) is 0 Å². The Morgan fingerprint density at radius 3 is 2.05 bits per heavy atom. The summed E-state index contributed by atoms with van der Waals surface area (Å²) in [6.07, 6.45) is -0.194. The molecule has 7 heteroatoms. The minimum absolute atomic E-state index is 0.194. The van der Waals surface area contributed by atoms with Crippen LogP contribution in [0.5, 0.6) is 0 Å². The summed E-state index contributed by atoms with van der Waals surface area (Å²) < 4.78 is 33.6. The van der Waals surface area contributed by atoms with E-state index in [2.05, 4.69) is 4.74 Å². The van der Waals surface area contributed by atoms with E-state index in [-0.39, 0.29) is 19.6 Å². The van der Waals surface area contributed by atoms with E-state index in [1.807, 2.05) is 21.1 Å². The van der Waals surface area contributed by atoms with Crippen LogP contribution in [-0.4, -0.2) is 70.7 Å². The van der Waals surface area contributed by atoms with E-state index in [1.54, 1.807) is 0 Å². The number of esters is 2. The minimum Gasteiger partial charge on any atom is -0.463 e. The maximum Gasteiger partial charge on any atom is 0.315 e. The van der Waals surface area contributed by atoms with Gasteiger partial charge >= 0.3 is 11.9 Å². The van der Waals surface area contributed by atoms with Crippen molar-refractivity contribution in [3.05, 3.63) is 0 Å². The summed E-state index contributed by atoms with van der Waals surface area (Å²) >= 11 is 0.